The summed E-state index contributed by atoms with van der Waals surface area (Å²) in [7, 11) is 3.40. The zero-order chi connectivity index (χ0) is 38.7. The van der Waals surface area contributed by atoms with Gasteiger partial charge in [0, 0.05) is 60.9 Å². The number of phenolic OH excluding ortho intramolecular Hbond substituents is 1. The van der Waals surface area contributed by atoms with Gasteiger partial charge in [0.2, 0.25) is 5.91 Å². The largest absolute Gasteiger partial charge is 0.508 e. The van der Waals surface area contributed by atoms with Gasteiger partial charge in [0.05, 0.1) is 24.9 Å². The number of aromatic hydroxyl groups is 1. The molecule has 4 aromatic rings. The number of ether oxygens (including phenoxy) is 2. The van der Waals surface area contributed by atoms with Gasteiger partial charge in [-0.25, -0.2) is 5.43 Å². The number of methoxy groups -OCH3 is 1. The molecule has 4 N–H and O–H groups in total. The Hall–Kier alpha value is -4.78. The molecule has 288 valence electrons. The van der Waals surface area contributed by atoms with Crippen LogP contribution in [-0.2, 0) is 49.9 Å². The molecule has 0 spiro atoms. The highest BCUT2D eigenvalue weighted by atomic mass is 16.5. The molecule has 3 atom stereocenters. The normalized spacial score (nSPS) is 19.7. The SMILES string of the molecule is CCn1c(-c2cnccc2COC)c2c3cc(ccc31)-c1cc(O)cc(c1)CC(NC(=O)C(NC)C(C)C)C(=O)N1CCC[C@H](N1)C(=O)OCC(C)(C)C2. The van der Waals surface area contributed by atoms with Crippen molar-refractivity contribution in [2.24, 2.45) is 11.3 Å². The van der Waals surface area contributed by atoms with E-state index in [-0.39, 0.29) is 36.5 Å². The van der Waals surface area contributed by atoms with Crippen LogP contribution in [0.15, 0.2) is 54.9 Å². The predicted octanol–water partition coefficient (Wildman–Crippen LogP) is 5.13. The molecule has 6 rings (SSSR count). The number of cyclic esters (lactones) is 1. The first-order valence-corrected chi connectivity index (χ1v) is 19.0. The molecule has 2 aliphatic rings. The van der Waals surface area contributed by atoms with Gasteiger partial charge in [-0.1, -0.05) is 39.8 Å². The second kappa shape index (κ2) is 16.3. The average Bonchev–Trinajstić information content (AvgIpc) is 3.44. The third kappa shape index (κ3) is 8.15. The highest BCUT2D eigenvalue weighted by Gasteiger charge is 2.36. The number of rotatable bonds is 8. The van der Waals surface area contributed by atoms with E-state index >= 15 is 0 Å². The van der Waals surface area contributed by atoms with Crippen molar-refractivity contribution in [1.82, 2.24) is 30.6 Å². The molecule has 12 heteroatoms. The quantitative estimate of drug-likeness (QED) is 0.181. The van der Waals surface area contributed by atoms with Crippen LogP contribution in [0.3, 0.4) is 0 Å². The lowest BCUT2D eigenvalue weighted by atomic mass is 9.84. The van der Waals surface area contributed by atoms with Crippen molar-refractivity contribution >= 4 is 28.7 Å². The minimum atomic E-state index is -0.974. The van der Waals surface area contributed by atoms with Gasteiger partial charge in [-0.05, 0) is 97.3 Å². The number of carbonyl (C=O) groups is 3. The van der Waals surface area contributed by atoms with E-state index in [2.05, 4.69) is 58.5 Å². The number of hydrogen-bond acceptors (Lipinski definition) is 9. The fraction of sp³-hybridized carbons (Fsp3) is 0.476. The number of nitrogens with zero attached hydrogens (tertiary/aromatic N) is 3. The molecule has 1 saturated heterocycles. The molecule has 4 heterocycles. The van der Waals surface area contributed by atoms with Crippen LogP contribution < -0.4 is 16.1 Å². The maximum atomic E-state index is 14.2. The summed E-state index contributed by atoms with van der Waals surface area (Å²) < 4.78 is 14.0. The second-order valence-electron chi connectivity index (χ2n) is 15.7. The first-order valence-electron chi connectivity index (χ1n) is 19.0. The summed E-state index contributed by atoms with van der Waals surface area (Å²) in [5, 5.41) is 19.6. The number of benzene rings is 2. The van der Waals surface area contributed by atoms with Crippen LogP contribution in [0.2, 0.25) is 0 Å². The van der Waals surface area contributed by atoms with Crippen molar-refractivity contribution in [2.45, 2.75) is 91.6 Å². The van der Waals surface area contributed by atoms with Crippen molar-refractivity contribution in [1.29, 1.82) is 0 Å². The summed E-state index contributed by atoms with van der Waals surface area (Å²) in [5.41, 5.74) is 10.2. The van der Waals surface area contributed by atoms with Gasteiger partial charge >= 0.3 is 5.97 Å². The highest BCUT2D eigenvalue weighted by Crippen LogP contribution is 2.41. The number of nitrogens with one attached hydrogen (secondary N) is 3. The molecular formula is C42H54N6O6. The topological polar surface area (TPSA) is 147 Å². The summed E-state index contributed by atoms with van der Waals surface area (Å²) in [6.07, 6.45) is 5.46. The second-order valence-corrected chi connectivity index (χ2v) is 15.7. The minimum Gasteiger partial charge on any atom is -0.508 e. The molecule has 1 fully saturated rings. The summed E-state index contributed by atoms with van der Waals surface area (Å²) >= 11 is 0. The molecule has 2 amide bonds. The van der Waals surface area contributed by atoms with Crippen LogP contribution >= 0.6 is 0 Å². The van der Waals surface area contributed by atoms with Gasteiger partial charge in [-0.2, -0.15) is 0 Å². The highest BCUT2D eigenvalue weighted by molar-refractivity contribution is 5.95. The summed E-state index contributed by atoms with van der Waals surface area (Å²) in [4.78, 5) is 46.0. The lowest BCUT2D eigenvalue weighted by Gasteiger charge is -2.36. The molecular weight excluding hydrogens is 684 g/mol. The Morgan fingerprint density at radius 3 is 2.67 bits per heavy atom. The van der Waals surface area contributed by atoms with Gasteiger partial charge < -0.3 is 29.8 Å². The Labute approximate surface area is 317 Å². The molecule has 6 bridgehead atoms. The third-order valence-electron chi connectivity index (χ3n) is 10.6. The van der Waals surface area contributed by atoms with Crippen LogP contribution in [0.1, 0.15) is 64.2 Å². The zero-order valence-electron chi connectivity index (χ0n) is 32.5. The molecule has 2 aliphatic heterocycles. The number of carbonyl (C=O) groups excluding carboxylic acids is 3. The van der Waals surface area contributed by atoms with E-state index in [0.717, 1.165) is 44.4 Å². The average molecular weight is 739 g/mol. The molecule has 2 aromatic carbocycles. The van der Waals surface area contributed by atoms with Gasteiger partial charge in [0.25, 0.3) is 5.91 Å². The number of amides is 2. The number of likely N-dealkylation sites (N-methyl/N-ethyl adjacent to an activating group) is 1. The first-order chi connectivity index (χ1) is 25.8. The van der Waals surface area contributed by atoms with Crippen molar-refractivity contribution < 1.29 is 29.0 Å². The number of aromatic nitrogens is 2. The van der Waals surface area contributed by atoms with Crippen molar-refractivity contribution in [3.8, 4) is 28.1 Å². The minimum absolute atomic E-state index is 0.0270. The van der Waals surface area contributed by atoms with Crippen LogP contribution in [0.4, 0.5) is 0 Å². The molecule has 0 saturated carbocycles. The van der Waals surface area contributed by atoms with E-state index in [9.17, 15) is 19.5 Å². The van der Waals surface area contributed by atoms with Crippen LogP contribution in [0.25, 0.3) is 33.3 Å². The zero-order valence-corrected chi connectivity index (χ0v) is 32.5. The summed E-state index contributed by atoms with van der Waals surface area (Å²) in [6.45, 7) is 11.8. The predicted molar refractivity (Wildman–Crippen MR) is 208 cm³/mol. The fourth-order valence-electron chi connectivity index (χ4n) is 7.96. The Bertz CT molecular complexity index is 2020. The Balaban J connectivity index is 1.53. The van der Waals surface area contributed by atoms with Gasteiger partial charge in [-0.3, -0.25) is 24.4 Å². The van der Waals surface area contributed by atoms with Crippen LogP contribution in [0.5, 0.6) is 5.75 Å². The molecule has 12 nitrogen and oxygen atoms in total. The van der Waals surface area contributed by atoms with Crippen molar-refractivity contribution in [3.05, 3.63) is 71.5 Å². The van der Waals surface area contributed by atoms with Gasteiger partial charge in [0.1, 0.15) is 17.8 Å². The van der Waals surface area contributed by atoms with Crippen molar-refractivity contribution in [2.75, 3.05) is 27.3 Å². The fourth-order valence-corrected chi connectivity index (χ4v) is 7.96. The van der Waals surface area contributed by atoms with E-state index in [1.54, 1.807) is 32.5 Å². The number of pyridine rings is 1. The Morgan fingerprint density at radius 2 is 1.94 bits per heavy atom. The monoisotopic (exact) mass is 738 g/mol. The molecule has 54 heavy (non-hydrogen) atoms. The lowest BCUT2D eigenvalue weighted by molar-refractivity contribution is -0.155. The molecule has 2 aromatic heterocycles. The Kier molecular flexibility index (Phi) is 11.7. The van der Waals surface area contributed by atoms with E-state index in [1.807, 2.05) is 38.2 Å². The number of phenols is 1. The van der Waals surface area contributed by atoms with E-state index in [4.69, 9.17) is 9.47 Å². The van der Waals surface area contributed by atoms with E-state index in [0.29, 0.717) is 44.5 Å². The van der Waals surface area contributed by atoms with Crippen LogP contribution in [-0.4, -0.2) is 82.9 Å². The lowest BCUT2D eigenvalue weighted by Crippen LogP contribution is -2.61. The molecule has 0 radical (unpaired) electrons. The Morgan fingerprint density at radius 1 is 1.15 bits per heavy atom. The van der Waals surface area contributed by atoms with Crippen molar-refractivity contribution in [3.63, 3.8) is 0 Å². The summed E-state index contributed by atoms with van der Waals surface area (Å²) in [5.74, 6) is -1.08. The summed E-state index contributed by atoms with van der Waals surface area (Å²) in [6, 6.07) is 11.4. The van der Waals surface area contributed by atoms with Crippen LogP contribution in [0, 0.1) is 11.3 Å². The standard InChI is InChI=1S/C42H54N6O6/c1-8-47-36-12-11-27-20-31(36)32(38(47)33-22-44-14-13-28(33)23-53-7)21-42(4,5)24-54-41(52)34-10-9-15-48(46-34)40(51)35(45-39(50)37(43-6)25(2)3)18-26-16-29(27)19-30(49)17-26/h11-14,16-17,19-20,22,25,34-35,37,43,46,49H,8-10,15,18,21,23-24H2,1-7H3,(H,45,50)/t34-,35?,37?/m0/s1. The van der Waals surface area contributed by atoms with Gasteiger partial charge in [-0.15, -0.1) is 0 Å². The van der Waals surface area contributed by atoms with Gasteiger partial charge in [0.15, 0.2) is 0 Å². The molecule has 2 unspecified atom stereocenters. The number of fused-ring (bicyclic) bond motifs is 6. The van der Waals surface area contributed by atoms with E-state index in [1.165, 1.54) is 5.01 Å². The number of hydrazine groups is 1. The van der Waals surface area contributed by atoms with E-state index < -0.39 is 29.5 Å². The smallest absolute Gasteiger partial charge is 0.324 e. The number of hydrogen-bond donors (Lipinski definition) is 4. The number of esters is 1. The maximum Gasteiger partial charge on any atom is 0.324 e. The maximum absolute atomic E-state index is 14.2. The first kappa shape index (κ1) is 38.9. The number of aryl methyl sites for hydroxylation is 1. The molecule has 0 aliphatic carbocycles. The third-order valence-corrected chi connectivity index (χ3v) is 10.6.